The highest BCUT2D eigenvalue weighted by atomic mass is 16.2. The van der Waals surface area contributed by atoms with Crippen molar-refractivity contribution < 1.29 is 9.59 Å². The van der Waals surface area contributed by atoms with Gasteiger partial charge in [-0.1, -0.05) is 19.8 Å². The van der Waals surface area contributed by atoms with Crippen LogP contribution in [0, 0.1) is 5.92 Å². The van der Waals surface area contributed by atoms with Crippen LogP contribution in [0.1, 0.15) is 64.2 Å². The third kappa shape index (κ3) is 4.05. The van der Waals surface area contributed by atoms with Gasteiger partial charge < -0.3 is 14.8 Å². The van der Waals surface area contributed by atoms with E-state index in [4.69, 9.17) is 0 Å². The van der Waals surface area contributed by atoms with Crippen molar-refractivity contribution in [3.05, 3.63) is 18.2 Å². The number of carbonyl (C=O) groups is 2. The van der Waals surface area contributed by atoms with E-state index in [1.54, 1.807) is 0 Å². The largest absolute Gasteiger partial charge is 0.344 e. The first-order valence-corrected chi connectivity index (χ1v) is 9.67. The Morgan fingerprint density at radius 1 is 1.28 bits per heavy atom. The number of piperidine rings is 1. The highest BCUT2D eigenvalue weighted by Gasteiger charge is 2.36. The van der Waals surface area contributed by atoms with Crippen LogP contribution in [0.3, 0.4) is 0 Å². The molecular weight excluding hydrogens is 316 g/mol. The van der Waals surface area contributed by atoms with E-state index < -0.39 is 0 Å². The predicted octanol–water partition coefficient (Wildman–Crippen LogP) is 2.30. The van der Waals surface area contributed by atoms with Crippen LogP contribution in [0.2, 0.25) is 0 Å². The van der Waals surface area contributed by atoms with Crippen LogP contribution in [-0.2, 0) is 16.0 Å². The van der Waals surface area contributed by atoms with Gasteiger partial charge in [-0.15, -0.1) is 0 Å². The fourth-order valence-corrected chi connectivity index (χ4v) is 4.42. The summed E-state index contributed by atoms with van der Waals surface area (Å²) in [6.07, 6.45) is 11.2. The zero-order valence-electron chi connectivity index (χ0n) is 15.4. The molecule has 1 saturated heterocycles. The SMILES string of the molecule is CCc1nccn1[C@H]1CCCN(C(=O)[C@@H](NC(C)=O)C2CCCC2)C1. The second-order valence-corrected chi connectivity index (χ2v) is 7.41. The number of hydrogen-bond acceptors (Lipinski definition) is 3. The van der Waals surface area contributed by atoms with Gasteiger partial charge in [-0.05, 0) is 31.6 Å². The Kier molecular flexibility index (Phi) is 5.76. The fraction of sp³-hybridized carbons (Fsp3) is 0.737. The zero-order chi connectivity index (χ0) is 17.8. The Balaban J connectivity index is 1.72. The summed E-state index contributed by atoms with van der Waals surface area (Å²) < 4.78 is 2.22. The Bertz CT molecular complexity index is 606. The maximum atomic E-state index is 13.2. The molecule has 1 aromatic heterocycles. The van der Waals surface area contributed by atoms with Crippen LogP contribution >= 0.6 is 0 Å². The molecule has 2 heterocycles. The molecule has 0 unspecified atom stereocenters. The summed E-state index contributed by atoms with van der Waals surface area (Å²) in [5.41, 5.74) is 0. The number of likely N-dealkylation sites (tertiary alicyclic amines) is 1. The molecule has 1 aliphatic heterocycles. The molecule has 6 nitrogen and oxygen atoms in total. The third-order valence-electron chi connectivity index (χ3n) is 5.66. The molecule has 138 valence electrons. The molecule has 1 aromatic rings. The summed E-state index contributed by atoms with van der Waals surface area (Å²) in [6, 6.07) is -0.0658. The van der Waals surface area contributed by atoms with Gasteiger partial charge in [0.05, 0.1) is 6.04 Å². The van der Waals surface area contributed by atoms with E-state index in [0.717, 1.165) is 57.3 Å². The number of nitrogens with one attached hydrogen (secondary N) is 1. The number of rotatable bonds is 5. The maximum absolute atomic E-state index is 13.2. The summed E-state index contributed by atoms with van der Waals surface area (Å²) in [5.74, 6) is 1.36. The van der Waals surface area contributed by atoms with E-state index in [-0.39, 0.29) is 29.8 Å². The molecule has 2 aliphatic rings. The van der Waals surface area contributed by atoms with Crippen LogP contribution < -0.4 is 5.32 Å². The second-order valence-electron chi connectivity index (χ2n) is 7.41. The van der Waals surface area contributed by atoms with Gasteiger partial charge in [0.2, 0.25) is 11.8 Å². The molecule has 6 heteroatoms. The molecule has 1 N–H and O–H groups in total. The number of amides is 2. The smallest absolute Gasteiger partial charge is 0.245 e. The predicted molar refractivity (Wildman–Crippen MR) is 96.0 cm³/mol. The lowest BCUT2D eigenvalue weighted by Gasteiger charge is -2.37. The lowest BCUT2D eigenvalue weighted by Crippen LogP contribution is -2.53. The first kappa shape index (κ1) is 18.0. The highest BCUT2D eigenvalue weighted by molar-refractivity contribution is 5.87. The van der Waals surface area contributed by atoms with Crippen molar-refractivity contribution in [2.24, 2.45) is 5.92 Å². The van der Waals surface area contributed by atoms with Crippen molar-refractivity contribution in [3.8, 4) is 0 Å². The fourth-order valence-electron chi connectivity index (χ4n) is 4.42. The first-order chi connectivity index (χ1) is 12.1. The number of aryl methyl sites for hydroxylation is 1. The molecule has 1 saturated carbocycles. The molecule has 2 fully saturated rings. The monoisotopic (exact) mass is 346 g/mol. The van der Waals surface area contributed by atoms with Crippen molar-refractivity contribution >= 4 is 11.8 Å². The van der Waals surface area contributed by atoms with Crippen LogP contribution in [0.15, 0.2) is 12.4 Å². The van der Waals surface area contributed by atoms with Crippen LogP contribution in [0.25, 0.3) is 0 Å². The van der Waals surface area contributed by atoms with Crippen molar-refractivity contribution in [3.63, 3.8) is 0 Å². The van der Waals surface area contributed by atoms with Gasteiger partial charge in [0.25, 0.3) is 0 Å². The van der Waals surface area contributed by atoms with Crippen molar-refractivity contribution in [2.45, 2.75) is 70.9 Å². The van der Waals surface area contributed by atoms with Gasteiger partial charge in [0.15, 0.2) is 0 Å². The summed E-state index contributed by atoms with van der Waals surface area (Å²) in [5, 5.41) is 2.94. The molecule has 0 spiro atoms. The van der Waals surface area contributed by atoms with E-state index in [0.29, 0.717) is 6.54 Å². The Morgan fingerprint density at radius 2 is 2.04 bits per heavy atom. The van der Waals surface area contributed by atoms with Crippen molar-refractivity contribution in [1.82, 2.24) is 19.8 Å². The number of aromatic nitrogens is 2. The Labute approximate surface area is 150 Å². The van der Waals surface area contributed by atoms with Gasteiger partial charge in [-0.2, -0.15) is 0 Å². The molecule has 0 bridgehead atoms. The Hall–Kier alpha value is -1.85. The number of carbonyl (C=O) groups excluding carboxylic acids is 2. The topological polar surface area (TPSA) is 67.2 Å². The standard InChI is InChI=1S/C19H30N4O2/c1-3-17-20-10-12-23(17)16-9-6-11-22(13-16)19(25)18(21-14(2)24)15-7-4-5-8-15/h10,12,15-16,18H,3-9,11,13H2,1-2H3,(H,21,24)/t16-,18-/m0/s1. The quantitative estimate of drug-likeness (QED) is 0.889. The van der Waals surface area contributed by atoms with E-state index >= 15 is 0 Å². The summed E-state index contributed by atoms with van der Waals surface area (Å²) in [4.78, 5) is 31.2. The minimum absolute atomic E-state index is 0.102. The van der Waals surface area contributed by atoms with Crippen LogP contribution in [-0.4, -0.2) is 45.4 Å². The Morgan fingerprint density at radius 3 is 2.72 bits per heavy atom. The lowest BCUT2D eigenvalue weighted by molar-refractivity contribution is -0.139. The molecule has 3 rings (SSSR count). The van der Waals surface area contributed by atoms with Gasteiger partial charge in [-0.25, -0.2) is 4.98 Å². The van der Waals surface area contributed by atoms with Crippen LogP contribution in [0.5, 0.6) is 0 Å². The normalized spacial score (nSPS) is 22.8. The second kappa shape index (κ2) is 8.02. The van der Waals surface area contributed by atoms with Gasteiger partial charge in [0.1, 0.15) is 11.9 Å². The minimum Gasteiger partial charge on any atom is -0.344 e. The molecule has 2 amide bonds. The van der Waals surface area contributed by atoms with Crippen molar-refractivity contribution in [1.29, 1.82) is 0 Å². The van der Waals surface area contributed by atoms with Crippen LogP contribution in [0.4, 0.5) is 0 Å². The average molecular weight is 346 g/mol. The molecular formula is C19H30N4O2. The summed E-state index contributed by atoms with van der Waals surface area (Å²) in [6.45, 7) is 5.12. The molecule has 1 aliphatic carbocycles. The van der Waals surface area contributed by atoms with Crippen molar-refractivity contribution in [2.75, 3.05) is 13.1 Å². The molecule has 0 aromatic carbocycles. The molecule has 0 radical (unpaired) electrons. The number of imidazole rings is 1. The maximum Gasteiger partial charge on any atom is 0.245 e. The molecule has 2 atom stereocenters. The van der Waals surface area contributed by atoms with E-state index in [9.17, 15) is 9.59 Å². The average Bonchev–Trinajstić information content (AvgIpc) is 3.30. The third-order valence-corrected chi connectivity index (χ3v) is 5.66. The van der Waals surface area contributed by atoms with Gasteiger partial charge in [-0.3, -0.25) is 9.59 Å². The van der Waals surface area contributed by atoms with Gasteiger partial charge in [0, 0.05) is 38.8 Å². The van der Waals surface area contributed by atoms with E-state index in [1.165, 1.54) is 6.92 Å². The van der Waals surface area contributed by atoms with Gasteiger partial charge >= 0.3 is 0 Å². The lowest BCUT2D eigenvalue weighted by atomic mass is 9.95. The number of nitrogens with zero attached hydrogens (tertiary/aromatic N) is 3. The number of hydrogen-bond donors (Lipinski definition) is 1. The highest BCUT2D eigenvalue weighted by Crippen LogP contribution is 2.30. The first-order valence-electron chi connectivity index (χ1n) is 9.67. The summed E-state index contributed by atoms with van der Waals surface area (Å²) >= 11 is 0. The minimum atomic E-state index is -0.354. The summed E-state index contributed by atoms with van der Waals surface area (Å²) in [7, 11) is 0. The van der Waals surface area contributed by atoms with E-state index in [2.05, 4.69) is 21.8 Å². The zero-order valence-corrected chi connectivity index (χ0v) is 15.4. The van der Waals surface area contributed by atoms with E-state index in [1.807, 2.05) is 17.3 Å². The molecule has 25 heavy (non-hydrogen) atoms.